The van der Waals surface area contributed by atoms with Crippen molar-refractivity contribution in [3.8, 4) is 83.6 Å². The van der Waals surface area contributed by atoms with E-state index in [4.69, 9.17) is 8.83 Å². The van der Waals surface area contributed by atoms with E-state index >= 15 is 0 Å². The van der Waals surface area contributed by atoms with Gasteiger partial charge in [-0.25, -0.2) is 0 Å². The van der Waals surface area contributed by atoms with Crippen LogP contribution in [0.15, 0.2) is 342 Å². The minimum Gasteiger partial charge on any atom is -0.455 e. The molecule has 16 aromatic carbocycles. The number of fused-ring (bicyclic) bond motifs is 13. The highest BCUT2D eigenvalue weighted by Crippen LogP contribution is 2.58. The molecule has 0 amide bonds. The van der Waals surface area contributed by atoms with Crippen molar-refractivity contribution in [2.24, 2.45) is 0 Å². The van der Waals surface area contributed by atoms with Gasteiger partial charge in [0.1, 0.15) is 22.3 Å². The Morgan fingerprint density at radius 3 is 1.11 bits per heavy atom. The maximum atomic E-state index is 7.70. The summed E-state index contributed by atoms with van der Waals surface area (Å²) in [5.74, 6) is 0. The number of nitrogens with zero attached hydrogens (tertiary/aromatic N) is 3. The highest BCUT2D eigenvalue weighted by Gasteiger charge is 2.47. The van der Waals surface area contributed by atoms with Crippen molar-refractivity contribution in [2.75, 3.05) is 9.80 Å². The molecule has 0 spiro atoms. The molecule has 19 aromatic rings. The Bertz CT molecular complexity index is 7480. The van der Waals surface area contributed by atoms with E-state index < -0.39 is 5.41 Å². The van der Waals surface area contributed by atoms with Crippen molar-refractivity contribution in [3.05, 3.63) is 361 Å². The lowest BCUT2D eigenvalue weighted by Gasteiger charge is -2.46. The van der Waals surface area contributed by atoms with E-state index in [9.17, 15) is 0 Å². The van der Waals surface area contributed by atoms with Crippen LogP contribution < -0.4 is 26.2 Å². The summed E-state index contributed by atoms with van der Waals surface area (Å²) in [7, 11) is 0. The van der Waals surface area contributed by atoms with Crippen LogP contribution in [-0.4, -0.2) is 11.3 Å². The van der Waals surface area contributed by atoms with Crippen LogP contribution in [-0.2, 0) is 27.1 Å². The van der Waals surface area contributed by atoms with Gasteiger partial charge in [0, 0.05) is 72.2 Å². The van der Waals surface area contributed by atoms with Crippen LogP contribution in [0, 0.1) is 0 Å². The third-order valence-electron chi connectivity index (χ3n) is 26.1. The van der Waals surface area contributed by atoms with E-state index in [1.54, 1.807) is 0 Å². The minimum absolute atomic E-state index is 0.125. The molecule has 0 bridgehead atoms. The Morgan fingerprint density at radius 2 is 0.623 bits per heavy atom. The van der Waals surface area contributed by atoms with Crippen molar-refractivity contribution in [3.63, 3.8) is 0 Å². The average molecular weight is 1580 g/mol. The first kappa shape index (κ1) is 76.0. The van der Waals surface area contributed by atoms with Crippen molar-refractivity contribution in [1.29, 1.82) is 0 Å². The van der Waals surface area contributed by atoms with E-state index in [0.717, 1.165) is 156 Å². The average Bonchev–Trinajstić information content (AvgIpc) is 1.06. The van der Waals surface area contributed by atoms with Gasteiger partial charge in [0.2, 0.25) is 0 Å². The molecular formula is C116H100BN3O2. The molecule has 0 fully saturated rings. The Morgan fingerprint density at radius 1 is 0.238 bits per heavy atom. The molecule has 0 radical (unpaired) electrons. The summed E-state index contributed by atoms with van der Waals surface area (Å²) in [6, 6.07) is 127. The second kappa shape index (κ2) is 28.1. The van der Waals surface area contributed by atoms with Gasteiger partial charge in [-0.3, -0.25) is 0 Å². The fourth-order valence-electron chi connectivity index (χ4n) is 19.5. The van der Waals surface area contributed by atoms with Gasteiger partial charge in [-0.2, -0.15) is 0 Å². The van der Waals surface area contributed by atoms with E-state index in [1.165, 1.54) is 71.7 Å². The lowest BCUT2D eigenvalue weighted by atomic mass is 9.33. The van der Waals surface area contributed by atoms with Gasteiger partial charge in [-0.1, -0.05) is 359 Å². The quantitative estimate of drug-likeness (QED) is 0.128. The summed E-state index contributed by atoms with van der Waals surface area (Å²) < 4.78 is 17.9. The third-order valence-corrected chi connectivity index (χ3v) is 26.1. The molecule has 3 aromatic heterocycles. The molecule has 0 saturated carbocycles. The minimum atomic E-state index is -0.414. The molecule has 0 aliphatic carbocycles. The summed E-state index contributed by atoms with van der Waals surface area (Å²) in [6.45, 7) is 34.8. The second-order valence-corrected chi connectivity index (χ2v) is 39.3. The smallest absolute Gasteiger partial charge is 0.252 e. The lowest BCUT2D eigenvalue weighted by Crippen LogP contribution is -2.61. The largest absolute Gasteiger partial charge is 0.455 e. The van der Waals surface area contributed by atoms with Crippen LogP contribution in [0.25, 0.3) is 149 Å². The van der Waals surface area contributed by atoms with Gasteiger partial charge in [0.15, 0.2) is 0 Å². The van der Waals surface area contributed by atoms with Crippen LogP contribution in [0.1, 0.15) is 132 Å². The van der Waals surface area contributed by atoms with Gasteiger partial charge in [-0.05, 0) is 206 Å². The van der Waals surface area contributed by atoms with Gasteiger partial charge in [0.05, 0.1) is 33.2 Å². The molecular weight excluding hydrogens is 1480 g/mol. The molecule has 122 heavy (non-hydrogen) atoms. The fourth-order valence-corrected chi connectivity index (χ4v) is 19.5. The fraction of sp³-hybridized carbons (Fsp3) is 0.172. The van der Waals surface area contributed by atoms with Gasteiger partial charge < -0.3 is 23.2 Å². The molecule has 5 heterocycles. The number of furan rings is 2. The number of para-hydroxylation sites is 3. The van der Waals surface area contributed by atoms with Gasteiger partial charge >= 0.3 is 0 Å². The Hall–Kier alpha value is -13.4. The maximum Gasteiger partial charge on any atom is 0.252 e. The molecule has 0 N–H and O–H groups in total. The van der Waals surface area contributed by atoms with Gasteiger partial charge in [0.25, 0.3) is 6.71 Å². The van der Waals surface area contributed by atoms with Crippen molar-refractivity contribution in [2.45, 2.75) is 131 Å². The van der Waals surface area contributed by atoms with Crippen LogP contribution in [0.3, 0.4) is 0 Å². The number of hydrogen-bond donors (Lipinski definition) is 0. The monoisotopic (exact) mass is 1580 g/mol. The third kappa shape index (κ3) is 12.6. The topological polar surface area (TPSA) is 37.7 Å². The van der Waals surface area contributed by atoms with Gasteiger partial charge in [-0.15, -0.1) is 0 Å². The zero-order valence-electron chi connectivity index (χ0n) is 72.5. The first-order valence-corrected chi connectivity index (χ1v) is 43.4. The molecule has 0 unspecified atom stereocenters. The SMILES string of the molecule is CC(C)(C)c1cccc(-c2cc(-c3cccc(C(C)(C)C)c3)c3oc4ccccc4c3c2N2c3ccc(-c4cccc(-c5ccccc5)c4)cc3B3c4ccc(-n5c6ccccc6c6cc(-c7ccccc7)ccc65)cc4N(c4c(-c5cccc(C(C)(C)C)c5)cc(-c5cccc(C(C)(C)C)c5)c5oc6ccccc6c45)c4cc(C(C)(C)C)cc2c43)c1. The molecule has 21 rings (SSSR count). The number of aromatic nitrogens is 1. The normalized spacial score (nSPS) is 13.2. The van der Waals surface area contributed by atoms with E-state index in [2.05, 4.69) is 452 Å². The van der Waals surface area contributed by atoms with Crippen molar-refractivity contribution < 1.29 is 8.83 Å². The van der Waals surface area contributed by atoms with Crippen LogP contribution in [0.2, 0.25) is 0 Å². The Balaban J connectivity index is 0.955. The molecule has 594 valence electrons. The number of hydrogen-bond acceptors (Lipinski definition) is 4. The van der Waals surface area contributed by atoms with E-state index in [0.29, 0.717) is 0 Å². The Labute approximate surface area is 717 Å². The number of benzene rings is 16. The zero-order valence-corrected chi connectivity index (χ0v) is 72.5. The lowest BCUT2D eigenvalue weighted by molar-refractivity contribution is 0.590. The number of rotatable bonds is 10. The maximum absolute atomic E-state index is 7.70. The summed E-state index contributed by atoms with van der Waals surface area (Å²) >= 11 is 0. The Kier molecular flexibility index (Phi) is 17.5. The second-order valence-electron chi connectivity index (χ2n) is 39.3. The van der Waals surface area contributed by atoms with Crippen molar-refractivity contribution in [1.82, 2.24) is 4.57 Å². The van der Waals surface area contributed by atoms with Crippen LogP contribution in [0.4, 0.5) is 34.1 Å². The zero-order chi connectivity index (χ0) is 83.8. The molecule has 2 aliphatic rings. The molecule has 6 heteroatoms. The predicted molar refractivity (Wildman–Crippen MR) is 521 cm³/mol. The molecule has 2 aliphatic heterocycles. The summed E-state index contributed by atoms with van der Waals surface area (Å²) in [4.78, 5) is 5.45. The number of anilines is 6. The van der Waals surface area contributed by atoms with Crippen molar-refractivity contribution >= 4 is 123 Å². The standard InChI is InChI=1S/C116H100BN3O2/c1-112(2,3)81-43-29-39-77(60-81)90-69-92(79-41-31-45-83(62-79)114(7,8)9)110-105(88-48-23-26-51-103(88)121-110)108(90)119-99-58-54-76(74-38-28-37-73(59-74)71-33-18-16-19-34-71)65-96(99)117-95-56-55-86(118-97-50-25-22-47-87(97)94-64-75(53-57-98(94)118)72-35-20-17-21-36-72)68-100(95)120(102-67-85(116(13,14)15)66-101(119)107(102)117)109-91(78-40-30-44-82(61-78)113(4,5)6)70-93(80-42-32-46-84(63-80)115(10,11)12)111-106(109)89-49-24-27-52-104(89)122-111/h16-70H,1-15H3. The van der Waals surface area contributed by atoms with E-state index in [1.807, 2.05) is 0 Å². The van der Waals surface area contributed by atoms with Crippen LogP contribution >= 0.6 is 0 Å². The van der Waals surface area contributed by atoms with Crippen LogP contribution in [0.5, 0.6) is 0 Å². The summed E-state index contributed by atoms with van der Waals surface area (Å²) in [5, 5.41) is 6.56. The molecule has 5 nitrogen and oxygen atoms in total. The van der Waals surface area contributed by atoms with E-state index in [-0.39, 0.29) is 28.4 Å². The molecule has 0 saturated heterocycles. The first-order chi connectivity index (χ1) is 58.7. The molecule has 0 atom stereocenters. The predicted octanol–water partition coefficient (Wildman–Crippen LogP) is 30.8. The highest BCUT2D eigenvalue weighted by atomic mass is 16.3. The summed E-state index contributed by atoms with van der Waals surface area (Å²) in [5.41, 5.74) is 37.5. The highest BCUT2D eigenvalue weighted by molar-refractivity contribution is 7.00. The summed E-state index contributed by atoms with van der Waals surface area (Å²) in [6.07, 6.45) is 0. The first-order valence-electron chi connectivity index (χ1n) is 43.4.